The lowest BCUT2D eigenvalue weighted by molar-refractivity contribution is -0.137. The average molecular weight is 458 g/mol. The molecule has 1 N–H and O–H groups in total. The third-order valence-electron chi connectivity index (χ3n) is 5.49. The number of hydrogen-bond donors (Lipinski definition) is 1. The number of aromatic amines is 1. The number of benzene rings is 1. The van der Waals surface area contributed by atoms with Crippen molar-refractivity contribution in [2.75, 3.05) is 20.1 Å². The van der Waals surface area contributed by atoms with E-state index in [4.69, 9.17) is 0 Å². The van der Waals surface area contributed by atoms with E-state index in [1.165, 1.54) is 12.1 Å². The Morgan fingerprint density at radius 3 is 2.10 bits per heavy atom. The van der Waals surface area contributed by atoms with E-state index < -0.39 is 11.7 Å². The summed E-state index contributed by atoms with van der Waals surface area (Å²) in [5.74, 6) is 0.431. The van der Waals surface area contributed by atoms with Crippen LogP contribution in [0.3, 0.4) is 0 Å². The molecule has 162 valence electrons. The largest absolute Gasteiger partial charge is 0.416 e. The van der Waals surface area contributed by atoms with Crippen molar-refractivity contribution in [3.8, 4) is 22.4 Å². The summed E-state index contributed by atoms with van der Waals surface area (Å²) in [6, 6.07) is 11.4. The van der Waals surface area contributed by atoms with Crippen molar-refractivity contribution in [2.45, 2.75) is 24.9 Å². The molecule has 0 radical (unpaired) electrons. The number of nitrogens with one attached hydrogen (secondary N) is 1. The van der Waals surface area contributed by atoms with E-state index >= 15 is 0 Å². The number of hydrogen-bond acceptors (Lipinski definition) is 2. The molecule has 0 bridgehead atoms. The number of piperidine rings is 1. The summed E-state index contributed by atoms with van der Waals surface area (Å²) < 4.78 is 38.8. The van der Waals surface area contributed by atoms with E-state index in [9.17, 15) is 13.2 Å². The van der Waals surface area contributed by atoms with Gasteiger partial charge >= 0.3 is 6.18 Å². The molecule has 1 aliphatic heterocycles. The topological polar surface area (TPSA) is 31.9 Å². The van der Waals surface area contributed by atoms with Crippen LogP contribution in [0.2, 0.25) is 0 Å². The van der Waals surface area contributed by atoms with Crippen molar-refractivity contribution < 1.29 is 13.2 Å². The fraction of sp³-hybridized carbons (Fsp3) is 0.318. The molecule has 0 unspecified atom stereocenters. The molecular formula is C22H24Cl2F3N3. The van der Waals surface area contributed by atoms with Crippen molar-refractivity contribution in [3.05, 3.63) is 66.1 Å². The number of H-pyrrole nitrogens is 1. The molecular weight excluding hydrogens is 434 g/mol. The van der Waals surface area contributed by atoms with Crippen LogP contribution >= 0.6 is 24.8 Å². The van der Waals surface area contributed by atoms with Gasteiger partial charge in [-0.15, -0.1) is 24.8 Å². The molecule has 3 nitrogen and oxygen atoms in total. The number of halogens is 5. The second kappa shape index (κ2) is 9.86. The highest BCUT2D eigenvalue weighted by Gasteiger charge is 2.30. The van der Waals surface area contributed by atoms with Crippen LogP contribution in [0.1, 0.15) is 30.0 Å². The van der Waals surface area contributed by atoms with Gasteiger partial charge in [0.15, 0.2) is 0 Å². The fourth-order valence-corrected chi connectivity index (χ4v) is 3.83. The zero-order valence-corrected chi connectivity index (χ0v) is 18.1. The quantitative estimate of drug-likeness (QED) is 0.492. The number of pyridine rings is 1. The number of aromatic nitrogens is 2. The van der Waals surface area contributed by atoms with Crippen LogP contribution in [0.15, 0.2) is 54.9 Å². The van der Waals surface area contributed by atoms with E-state index in [1.807, 2.05) is 12.1 Å². The monoisotopic (exact) mass is 457 g/mol. The van der Waals surface area contributed by atoms with Gasteiger partial charge in [0.25, 0.3) is 0 Å². The summed E-state index contributed by atoms with van der Waals surface area (Å²) >= 11 is 0. The molecule has 8 heteroatoms. The highest BCUT2D eigenvalue weighted by atomic mass is 35.5. The lowest BCUT2D eigenvalue weighted by atomic mass is 9.93. The Kier molecular flexibility index (Phi) is 7.97. The van der Waals surface area contributed by atoms with E-state index in [2.05, 4.69) is 28.0 Å². The Balaban J connectivity index is 0.00000160. The first-order valence-corrected chi connectivity index (χ1v) is 9.41. The van der Waals surface area contributed by atoms with Crippen LogP contribution in [-0.4, -0.2) is 35.0 Å². The Morgan fingerprint density at radius 1 is 0.933 bits per heavy atom. The Labute approximate surface area is 186 Å². The van der Waals surface area contributed by atoms with Crippen LogP contribution < -0.4 is 0 Å². The number of nitrogens with zero attached hydrogens (tertiary/aromatic N) is 2. The molecule has 0 aliphatic carbocycles. The van der Waals surface area contributed by atoms with Crippen LogP contribution in [0.4, 0.5) is 13.2 Å². The van der Waals surface area contributed by atoms with Gasteiger partial charge in [-0.1, -0.05) is 12.1 Å². The van der Waals surface area contributed by atoms with Gasteiger partial charge in [-0.25, -0.2) is 0 Å². The van der Waals surface area contributed by atoms with Gasteiger partial charge in [0.2, 0.25) is 0 Å². The summed E-state index contributed by atoms with van der Waals surface area (Å²) in [4.78, 5) is 9.91. The smallest absolute Gasteiger partial charge is 0.358 e. The van der Waals surface area contributed by atoms with Crippen LogP contribution in [-0.2, 0) is 6.18 Å². The van der Waals surface area contributed by atoms with E-state index in [-0.39, 0.29) is 24.8 Å². The molecule has 1 aromatic carbocycles. The highest BCUT2D eigenvalue weighted by Crippen LogP contribution is 2.38. The predicted octanol–water partition coefficient (Wildman–Crippen LogP) is 6.42. The van der Waals surface area contributed by atoms with Crippen LogP contribution in [0, 0.1) is 0 Å². The molecule has 1 saturated heterocycles. The maximum absolute atomic E-state index is 12.9. The molecule has 0 saturated carbocycles. The molecule has 4 rings (SSSR count). The number of alkyl halides is 3. The first kappa shape index (κ1) is 24.3. The summed E-state index contributed by atoms with van der Waals surface area (Å²) in [5.41, 5.74) is 4.11. The normalized spacial score (nSPS) is 15.3. The summed E-state index contributed by atoms with van der Waals surface area (Å²) in [6.45, 7) is 2.09. The Bertz CT molecular complexity index is 933. The lowest BCUT2D eigenvalue weighted by Crippen LogP contribution is -2.29. The molecule has 3 heterocycles. The third-order valence-corrected chi connectivity index (χ3v) is 5.49. The van der Waals surface area contributed by atoms with Crippen molar-refractivity contribution in [1.29, 1.82) is 0 Å². The molecule has 1 fully saturated rings. The third kappa shape index (κ3) is 5.17. The molecule has 1 aliphatic rings. The minimum Gasteiger partial charge on any atom is -0.358 e. The van der Waals surface area contributed by atoms with Gasteiger partial charge in [0, 0.05) is 29.6 Å². The van der Waals surface area contributed by atoms with Gasteiger partial charge in [0.05, 0.1) is 11.3 Å². The maximum Gasteiger partial charge on any atom is 0.416 e. The standard InChI is InChI=1S/C22H22F3N3.2ClH/c1-28-12-8-16(9-13-28)20-14-19(15-6-10-26-11-7-15)21(27-20)17-2-4-18(5-3-17)22(23,24)25;;/h2-7,10-11,14,16,27H,8-9,12-13H2,1H3;2*1H. The second-order valence-electron chi connectivity index (χ2n) is 7.40. The molecule has 0 amide bonds. The maximum atomic E-state index is 12.9. The van der Waals surface area contributed by atoms with E-state index in [1.54, 1.807) is 12.4 Å². The van der Waals surface area contributed by atoms with Crippen molar-refractivity contribution in [3.63, 3.8) is 0 Å². The first-order chi connectivity index (χ1) is 13.4. The fourth-order valence-electron chi connectivity index (χ4n) is 3.83. The van der Waals surface area contributed by atoms with Crippen molar-refractivity contribution in [1.82, 2.24) is 14.9 Å². The van der Waals surface area contributed by atoms with Crippen LogP contribution in [0.5, 0.6) is 0 Å². The van der Waals surface area contributed by atoms with Gasteiger partial charge in [-0.3, -0.25) is 4.98 Å². The van der Waals surface area contributed by atoms with Crippen LogP contribution in [0.25, 0.3) is 22.4 Å². The zero-order valence-electron chi connectivity index (χ0n) is 16.4. The first-order valence-electron chi connectivity index (χ1n) is 9.41. The zero-order chi connectivity index (χ0) is 19.7. The minimum atomic E-state index is -4.33. The van der Waals surface area contributed by atoms with E-state index in [0.29, 0.717) is 5.92 Å². The Morgan fingerprint density at radius 2 is 1.53 bits per heavy atom. The van der Waals surface area contributed by atoms with Gasteiger partial charge < -0.3 is 9.88 Å². The SMILES string of the molecule is CN1CCC(c2cc(-c3ccncc3)c(-c3ccc(C(F)(F)F)cc3)[nH]2)CC1.Cl.Cl. The summed E-state index contributed by atoms with van der Waals surface area (Å²) in [7, 11) is 2.13. The second-order valence-corrected chi connectivity index (χ2v) is 7.40. The highest BCUT2D eigenvalue weighted by molar-refractivity contribution is 5.85. The molecule has 3 aromatic rings. The Hall–Kier alpha value is -2.02. The lowest BCUT2D eigenvalue weighted by Gasteiger charge is -2.28. The summed E-state index contributed by atoms with van der Waals surface area (Å²) in [5, 5.41) is 0. The number of rotatable bonds is 3. The van der Waals surface area contributed by atoms with Gasteiger partial charge in [-0.05, 0) is 74.4 Å². The minimum absolute atomic E-state index is 0. The average Bonchev–Trinajstić information content (AvgIpc) is 3.14. The predicted molar refractivity (Wildman–Crippen MR) is 118 cm³/mol. The van der Waals surface area contributed by atoms with Crippen molar-refractivity contribution in [2.24, 2.45) is 0 Å². The molecule has 0 atom stereocenters. The number of likely N-dealkylation sites (tertiary alicyclic amines) is 1. The van der Waals surface area contributed by atoms with Crippen molar-refractivity contribution >= 4 is 24.8 Å². The van der Waals surface area contributed by atoms with Gasteiger partial charge in [0.1, 0.15) is 0 Å². The molecule has 30 heavy (non-hydrogen) atoms. The summed E-state index contributed by atoms with van der Waals surface area (Å²) in [6.07, 6.45) is 1.27. The molecule has 2 aromatic heterocycles. The molecule has 0 spiro atoms. The van der Waals surface area contributed by atoms with E-state index in [0.717, 1.165) is 66.1 Å². The van der Waals surface area contributed by atoms with Gasteiger partial charge in [-0.2, -0.15) is 13.2 Å².